The highest BCUT2D eigenvalue weighted by molar-refractivity contribution is 5.85. The third-order valence-electron chi connectivity index (χ3n) is 3.31. The van der Waals surface area contributed by atoms with Gasteiger partial charge in [0.1, 0.15) is 0 Å². The van der Waals surface area contributed by atoms with E-state index in [4.69, 9.17) is 4.74 Å². The zero-order valence-electron chi connectivity index (χ0n) is 11.1. The van der Waals surface area contributed by atoms with Crippen molar-refractivity contribution in [3.8, 4) is 0 Å². The number of methoxy groups -OCH3 is 1. The van der Waals surface area contributed by atoms with Crippen LogP contribution in [0.5, 0.6) is 0 Å². The molecule has 18 heavy (non-hydrogen) atoms. The zero-order valence-corrected chi connectivity index (χ0v) is 11.1. The standard InChI is InChI=1S/C15H19NO2/c1-15(2,18-3)9-14(17)13-6-4-5-11-10-16-8-7-12(11)13/h4-8,10,14,17H,9H2,1-3H3. The van der Waals surface area contributed by atoms with Crippen LogP contribution in [0.15, 0.2) is 36.7 Å². The minimum absolute atomic E-state index is 0.339. The fraction of sp³-hybridized carbons (Fsp3) is 0.400. The molecule has 0 aliphatic carbocycles. The summed E-state index contributed by atoms with van der Waals surface area (Å²) >= 11 is 0. The number of aromatic nitrogens is 1. The highest BCUT2D eigenvalue weighted by Gasteiger charge is 2.23. The Kier molecular flexibility index (Phi) is 3.64. The highest BCUT2D eigenvalue weighted by Crippen LogP contribution is 2.30. The molecular weight excluding hydrogens is 226 g/mol. The molecule has 1 heterocycles. The molecule has 0 bridgehead atoms. The van der Waals surface area contributed by atoms with E-state index in [1.807, 2.05) is 44.3 Å². The van der Waals surface area contributed by atoms with Gasteiger partial charge in [0, 0.05) is 31.3 Å². The van der Waals surface area contributed by atoms with Gasteiger partial charge in [-0.15, -0.1) is 0 Å². The summed E-state index contributed by atoms with van der Waals surface area (Å²) < 4.78 is 5.37. The predicted molar refractivity (Wildman–Crippen MR) is 72.4 cm³/mol. The smallest absolute Gasteiger partial charge is 0.0823 e. The van der Waals surface area contributed by atoms with E-state index in [1.165, 1.54) is 0 Å². The Morgan fingerprint density at radius 3 is 2.83 bits per heavy atom. The van der Waals surface area contributed by atoms with Crippen LogP contribution in [0.4, 0.5) is 0 Å². The fourth-order valence-corrected chi connectivity index (χ4v) is 2.10. The number of pyridine rings is 1. The molecule has 0 fully saturated rings. The summed E-state index contributed by atoms with van der Waals surface area (Å²) in [5.74, 6) is 0. The molecule has 2 aromatic rings. The number of benzene rings is 1. The van der Waals surface area contributed by atoms with Crippen molar-refractivity contribution in [3.63, 3.8) is 0 Å². The van der Waals surface area contributed by atoms with E-state index in [1.54, 1.807) is 13.3 Å². The Balaban J connectivity index is 2.36. The molecule has 0 saturated heterocycles. The maximum atomic E-state index is 10.4. The van der Waals surface area contributed by atoms with Crippen molar-refractivity contribution in [2.24, 2.45) is 0 Å². The average molecular weight is 245 g/mol. The molecule has 0 spiro atoms. The van der Waals surface area contributed by atoms with E-state index in [2.05, 4.69) is 4.98 Å². The van der Waals surface area contributed by atoms with Gasteiger partial charge in [-0.25, -0.2) is 0 Å². The van der Waals surface area contributed by atoms with Crippen LogP contribution in [0.1, 0.15) is 31.9 Å². The van der Waals surface area contributed by atoms with Crippen molar-refractivity contribution in [1.82, 2.24) is 4.98 Å². The van der Waals surface area contributed by atoms with Gasteiger partial charge in [-0.05, 0) is 30.9 Å². The molecule has 0 saturated carbocycles. The summed E-state index contributed by atoms with van der Waals surface area (Å²) in [6.45, 7) is 3.95. The van der Waals surface area contributed by atoms with E-state index < -0.39 is 6.10 Å². The van der Waals surface area contributed by atoms with Gasteiger partial charge < -0.3 is 9.84 Å². The van der Waals surface area contributed by atoms with Crippen LogP contribution in [-0.4, -0.2) is 22.8 Å². The van der Waals surface area contributed by atoms with Gasteiger partial charge in [-0.1, -0.05) is 18.2 Å². The first-order valence-corrected chi connectivity index (χ1v) is 6.09. The van der Waals surface area contributed by atoms with Crippen LogP contribution in [-0.2, 0) is 4.74 Å². The number of aliphatic hydroxyl groups excluding tert-OH is 1. The minimum Gasteiger partial charge on any atom is -0.388 e. The maximum absolute atomic E-state index is 10.4. The number of hydrogen-bond donors (Lipinski definition) is 1. The predicted octanol–water partition coefficient (Wildman–Crippen LogP) is 3.08. The summed E-state index contributed by atoms with van der Waals surface area (Å²) in [6, 6.07) is 7.84. The summed E-state index contributed by atoms with van der Waals surface area (Å²) in [4.78, 5) is 4.10. The normalized spacial score (nSPS) is 13.8. The summed E-state index contributed by atoms with van der Waals surface area (Å²) in [5.41, 5.74) is 0.592. The van der Waals surface area contributed by atoms with Gasteiger partial charge >= 0.3 is 0 Å². The van der Waals surface area contributed by atoms with Crippen LogP contribution in [0.25, 0.3) is 10.8 Å². The molecule has 96 valence electrons. The number of nitrogens with zero attached hydrogens (tertiary/aromatic N) is 1. The molecule has 0 radical (unpaired) electrons. The van der Waals surface area contributed by atoms with Crippen molar-refractivity contribution < 1.29 is 9.84 Å². The van der Waals surface area contributed by atoms with Crippen LogP contribution in [0, 0.1) is 0 Å². The van der Waals surface area contributed by atoms with Gasteiger partial charge in [0.25, 0.3) is 0 Å². The first kappa shape index (κ1) is 13.0. The second kappa shape index (κ2) is 5.04. The van der Waals surface area contributed by atoms with E-state index in [0.717, 1.165) is 16.3 Å². The topological polar surface area (TPSA) is 42.4 Å². The Morgan fingerprint density at radius 2 is 2.11 bits per heavy atom. The molecule has 1 aromatic heterocycles. The quantitative estimate of drug-likeness (QED) is 0.900. The molecule has 3 heteroatoms. The maximum Gasteiger partial charge on any atom is 0.0823 e. The Bertz CT molecular complexity index is 532. The summed E-state index contributed by atoms with van der Waals surface area (Å²) in [5, 5.41) is 12.5. The number of aliphatic hydroxyl groups is 1. The second-order valence-corrected chi connectivity index (χ2v) is 5.13. The van der Waals surface area contributed by atoms with Crippen molar-refractivity contribution in [3.05, 3.63) is 42.2 Å². The van der Waals surface area contributed by atoms with Crippen molar-refractivity contribution >= 4 is 10.8 Å². The summed E-state index contributed by atoms with van der Waals surface area (Å²) in [6.07, 6.45) is 3.59. The lowest BCUT2D eigenvalue weighted by atomic mass is 9.93. The lowest BCUT2D eigenvalue weighted by Crippen LogP contribution is -2.25. The van der Waals surface area contributed by atoms with Crippen LogP contribution in [0.2, 0.25) is 0 Å². The molecule has 1 atom stereocenters. The van der Waals surface area contributed by atoms with Gasteiger partial charge in [0.15, 0.2) is 0 Å². The van der Waals surface area contributed by atoms with Crippen LogP contribution >= 0.6 is 0 Å². The Morgan fingerprint density at radius 1 is 1.33 bits per heavy atom. The largest absolute Gasteiger partial charge is 0.388 e. The molecule has 0 aliphatic heterocycles. The van der Waals surface area contributed by atoms with E-state index >= 15 is 0 Å². The molecule has 0 amide bonds. The third-order valence-corrected chi connectivity index (χ3v) is 3.31. The third kappa shape index (κ3) is 2.68. The monoisotopic (exact) mass is 245 g/mol. The number of fused-ring (bicyclic) bond motifs is 1. The molecule has 0 aliphatic rings. The van der Waals surface area contributed by atoms with Gasteiger partial charge in [0.2, 0.25) is 0 Å². The van der Waals surface area contributed by atoms with Crippen LogP contribution < -0.4 is 0 Å². The van der Waals surface area contributed by atoms with Gasteiger partial charge in [-0.2, -0.15) is 0 Å². The number of ether oxygens (including phenoxy) is 1. The SMILES string of the molecule is COC(C)(C)CC(O)c1cccc2cnccc12. The Hall–Kier alpha value is -1.45. The molecule has 3 nitrogen and oxygen atoms in total. The van der Waals surface area contributed by atoms with E-state index in [-0.39, 0.29) is 5.60 Å². The molecular formula is C15H19NO2. The average Bonchev–Trinajstić information content (AvgIpc) is 2.37. The van der Waals surface area contributed by atoms with Crippen molar-refractivity contribution in [1.29, 1.82) is 0 Å². The van der Waals surface area contributed by atoms with E-state index in [9.17, 15) is 5.11 Å². The number of rotatable bonds is 4. The molecule has 1 N–H and O–H groups in total. The fourth-order valence-electron chi connectivity index (χ4n) is 2.10. The first-order chi connectivity index (χ1) is 8.53. The zero-order chi connectivity index (χ0) is 13.2. The Labute approximate surface area is 107 Å². The lowest BCUT2D eigenvalue weighted by molar-refractivity contribution is -0.0197. The lowest BCUT2D eigenvalue weighted by Gasteiger charge is -2.26. The highest BCUT2D eigenvalue weighted by atomic mass is 16.5. The molecule has 2 rings (SSSR count). The summed E-state index contributed by atoms with van der Waals surface area (Å²) in [7, 11) is 1.67. The number of hydrogen-bond acceptors (Lipinski definition) is 3. The van der Waals surface area contributed by atoms with Crippen molar-refractivity contribution in [2.45, 2.75) is 32.0 Å². The second-order valence-electron chi connectivity index (χ2n) is 5.13. The first-order valence-electron chi connectivity index (χ1n) is 6.09. The van der Waals surface area contributed by atoms with Gasteiger partial charge in [0.05, 0.1) is 11.7 Å². The van der Waals surface area contributed by atoms with Crippen molar-refractivity contribution in [2.75, 3.05) is 7.11 Å². The molecule has 1 aromatic carbocycles. The molecule has 1 unspecified atom stereocenters. The van der Waals surface area contributed by atoms with Crippen LogP contribution in [0.3, 0.4) is 0 Å². The van der Waals surface area contributed by atoms with E-state index in [0.29, 0.717) is 6.42 Å². The van der Waals surface area contributed by atoms with Gasteiger partial charge in [-0.3, -0.25) is 4.98 Å². The minimum atomic E-state index is -0.536.